The highest BCUT2D eigenvalue weighted by atomic mass is 14.4. The standard InChI is InChI=1S/C15H19N/c1-3-5-12-15(13-16,11-4-2)14-9-7-6-8-10-14/h4,6-10H,2-3,5,11-12H2,1H3. The molecule has 0 spiro atoms. The average molecular weight is 213 g/mol. The van der Waals surface area contributed by atoms with Gasteiger partial charge in [-0.05, 0) is 18.4 Å². The fourth-order valence-electron chi connectivity index (χ4n) is 2.01. The van der Waals surface area contributed by atoms with Crippen molar-refractivity contribution in [2.45, 2.75) is 38.0 Å². The molecule has 0 fully saturated rings. The molecule has 0 aromatic heterocycles. The molecular weight excluding hydrogens is 194 g/mol. The number of allylic oxidation sites excluding steroid dienone is 1. The van der Waals surface area contributed by atoms with Crippen LogP contribution in [0.2, 0.25) is 0 Å². The Hall–Kier alpha value is -1.55. The summed E-state index contributed by atoms with van der Waals surface area (Å²) in [7, 11) is 0. The summed E-state index contributed by atoms with van der Waals surface area (Å²) >= 11 is 0. The average Bonchev–Trinajstić information content (AvgIpc) is 2.36. The number of nitrogens with zero attached hydrogens (tertiary/aromatic N) is 1. The number of rotatable bonds is 6. The Labute approximate surface area is 98.4 Å². The molecule has 0 heterocycles. The number of hydrogen-bond acceptors (Lipinski definition) is 1. The maximum Gasteiger partial charge on any atom is 0.0856 e. The molecule has 0 aliphatic rings. The Morgan fingerprint density at radius 1 is 1.38 bits per heavy atom. The van der Waals surface area contributed by atoms with E-state index in [1.807, 2.05) is 36.4 Å². The van der Waals surface area contributed by atoms with Crippen molar-refractivity contribution in [3.63, 3.8) is 0 Å². The van der Waals surface area contributed by atoms with Crippen LogP contribution in [-0.2, 0) is 5.41 Å². The van der Waals surface area contributed by atoms with E-state index in [4.69, 9.17) is 0 Å². The molecule has 0 aliphatic heterocycles. The van der Waals surface area contributed by atoms with E-state index in [0.717, 1.165) is 31.2 Å². The van der Waals surface area contributed by atoms with E-state index in [2.05, 4.69) is 19.6 Å². The molecule has 0 aliphatic carbocycles. The molecule has 0 N–H and O–H groups in total. The van der Waals surface area contributed by atoms with Gasteiger partial charge in [0.25, 0.3) is 0 Å². The summed E-state index contributed by atoms with van der Waals surface area (Å²) in [6.07, 6.45) is 5.69. The lowest BCUT2D eigenvalue weighted by molar-refractivity contribution is 0.484. The lowest BCUT2D eigenvalue weighted by Gasteiger charge is -2.25. The predicted octanol–water partition coefficient (Wildman–Crippen LogP) is 4.21. The Morgan fingerprint density at radius 3 is 2.56 bits per heavy atom. The minimum atomic E-state index is -0.376. The second kappa shape index (κ2) is 6.12. The van der Waals surface area contributed by atoms with E-state index in [1.165, 1.54) is 0 Å². The highest BCUT2D eigenvalue weighted by molar-refractivity contribution is 5.33. The molecule has 1 heteroatoms. The molecule has 84 valence electrons. The van der Waals surface area contributed by atoms with Crippen LogP contribution >= 0.6 is 0 Å². The first kappa shape index (κ1) is 12.5. The predicted molar refractivity (Wildman–Crippen MR) is 68.1 cm³/mol. The third kappa shape index (κ3) is 2.73. The molecule has 1 rings (SSSR count). The van der Waals surface area contributed by atoms with Crippen molar-refractivity contribution >= 4 is 0 Å². The van der Waals surface area contributed by atoms with Gasteiger partial charge < -0.3 is 0 Å². The van der Waals surface area contributed by atoms with E-state index in [9.17, 15) is 5.26 Å². The van der Waals surface area contributed by atoms with Gasteiger partial charge in [0.2, 0.25) is 0 Å². The van der Waals surface area contributed by atoms with Gasteiger partial charge >= 0.3 is 0 Å². The quantitative estimate of drug-likeness (QED) is 0.649. The summed E-state index contributed by atoms with van der Waals surface area (Å²) in [5.74, 6) is 0. The fourth-order valence-corrected chi connectivity index (χ4v) is 2.01. The maximum atomic E-state index is 9.49. The molecule has 1 unspecified atom stereocenters. The maximum absolute atomic E-state index is 9.49. The molecule has 0 bridgehead atoms. The monoisotopic (exact) mass is 213 g/mol. The number of unbranched alkanes of at least 4 members (excludes halogenated alkanes) is 1. The first-order valence-corrected chi connectivity index (χ1v) is 5.87. The summed E-state index contributed by atoms with van der Waals surface area (Å²) in [6.45, 7) is 5.93. The van der Waals surface area contributed by atoms with Gasteiger partial charge in [-0.3, -0.25) is 0 Å². The third-order valence-electron chi connectivity index (χ3n) is 2.99. The van der Waals surface area contributed by atoms with Crippen LogP contribution in [0.3, 0.4) is 0 Å². The second-order valence-corrected chi connectivity index (χ2v) is 4.16. The summed E-state index contributed by atoms with van der Waals surface area (Å²) < 4.78 is 0. The molecule has 0 amide bonds. The molecule has 0 saturated heterocycles. The normalized spacial score (nSPS) is 13.8. The number of hydrogen-bond donors (Lipinski definition) is 0. The van der Waals surface area contributed by atoms with Crippen molar-refractivity contribution in [3.05, 3.63) is 48.6 Å². The van der Waals surface area contributed by atoms with E-state index in [1.54, 1.807) is 0 Å². The van der Waals surface area contributed by atoms with Crippen molar-refractivity contribution in [2.24, 2.45) is 0 Å². The summed E-state index contributed by atoms with van der Waals surface area (Å²) in [6, 6.07) is 12.6. The Bertz CT molecular complexity index is 361. The van der Waals surface area contributed by atoms with Crippen molar-refractivity contribution in [1.82, 2.24) is 0 Å². The molecule has 1 aromatic carbocycles. The molecule has 1 nitrogen and oxygen atoms in total. The van der Waals surface area contributed by atoms with Crippen molar-refractivity contribution in [3.8, 4) is 6.07 Å². The van der Waals surface area contributed by atoms with E-state index < -0.39 is 0 Å². The van der Waals surface area contributed by atoms with Crippen LogP contribution in [-0.4, -0.2) is 0 Å². The first-order chi connectivity index (χ1) is 7.79. The van der Waals surface area contributed by atoms with Crippen LogP contribution in [0.1, 0.15) is 38.2 Å². The molecule has 0 radical (unpaired) electrons. The Morgan fingerprint density at radius 2 is 2.06 bits per heavy atom. The van der Waals surface area contributed by atoms with Gasteiger partial charge in [0.15, 0.2) is 0 Å². The van der Waals surface area contributed by atoms with Crippen LogP contribution in [0.15, 0.2) is 43.0 Å². The van der Waals surface area contributed by atoms with Crippen LogP contribution < -0.4 is 0 Å². The Balaban J connectivity index is 3.02. The van der Waals surface area contributed by atoms with Gasteiger partial charge in [-0.15, -0.1) is 6.58 Å². The van der Waals surface area contributed by atoms with Gasteiger partial charge in [0.1, 0.15) is 0 Å². The summed E-state index contributed by atoms with van der Waals surface area (Å²) in [5.41, 5.74) is 0.741. The highest BCUT2D eigenvalue weighted by Gasteiger charge is 2.29. The molecule has 1 aromatic rings. The zero-order valence-corrected chi connectivity index (χ0v) is 9.95. The zero-order chi connectivity index (χ0) is 11.9. The topological polar surface area (TPSA) is 23.8 Å². The lowest BCUT2D eigenvalue weighted by atomic mass is 9.75. The smallest absolute Gasteiger partial charge is 0.0856 e. The van der Waals surface area contributed by atoms with Crippen LogP contribution in [0.5, 0.6) is 0 Å². The minimum absolute atomic E-state index is 0.376. The summed E-state index contributed by atoms with van der Waals surface area (Å²) in [5, 5.41) is 9.49. The molecule has 16 heavy (non-hydrogen) atoms. The van der Waals surface area contributed by atoms with Crippen molar-refractivity contribution in [1.29, 1.82) is 5.26 Å². The largest absolute Gasteiger partial charge is 0.197 e. The highest BCUT2D eigenvalue weighted by Crippen LogP contribution is 2.33. The van der Waals surface area contributed by atoms with Crippen molar-refractivity contribution < 1.29 is 0 Å². The van der Waals surface area contributed by atoms with Gasteiger partial charge in [-0.2, -0.15) is 5.26 Å². The SMILES string of the molecule is C=CCC(C#N)(CCCC)c1ccccc1. The Kier molecular flexibility index (Phi) is 4.79. The van der Waals surface area contributed by atoms with E-state index in [-0.39, 0.29) is 5.41 Å². The molecule has 0 saturated carbocycles. The zero-order valence-electron chi connectivity index (χ0n) is 9.95. The van der Waals surface area contributed by atoms with Crippen LogP contribution in [0.25, 0.3) is 0 Å². The van der Waals surface area contributed by atoms with Gasteiger partial charge in [-0.1, -0.05) is 56.2 Å². The minimum Gasteiger partial charge on any atom is -0.197 e. The van der Waals surface area contributed by atoms with Crippen LogP contribution in [0, 0.1) is 11.3 Å². The number of benzene rings is 1. The number of nitriles is 1. The van der Waals surface area contributed by atoms with Crippen molar-refractivity contribution in [2.75, 3.05) is 0 Å². The van der Waals surface area contributed by atoms with E-state index in [0.29, 0.717) is 0 Å². The van der Waals surface area contributed by atoms with Crippen LogP contribution in [0.4, 0.5) is 0 Å². The lowest BCUT2D eigenvalue weighted by Crippen LogP contribution is -2.23. The fraction of sp³-hybridized carbons (Fsp3) is 0.400. The summed E-state index contributed by atoms with van der Waals surface area (Å²) in [4.78, 5) is 0. The molecule has 1 atom stereocenters. The first-order valence-electron chi connectivity index (χ1n) is 5.87. The van der Waals surface area contributed by atoms with Gasteiger partial charge in [0, 0.05) is 0 Å². The molecular formula is C15H19N. The van der Waals surface area contributed by atoms with E-state index >= 15 is 0 Å². The second-order valence-electron chi connectivity index (χ2n) is 4.16. The van der Waals surface area contributed by atoms with Gasteiger partial charge in [0.05, 0.1) is 11.5 Å². The third-order valence-corrected chi connectivity index (χ3v) is 2.99. The van der Waals surface area contributed by atoms with Gasteiger partial charge in [-0.25, -0.2) is 0 Å².